The first-order chi connectivity index (χ1) is 7.84. The van der Waals surface area contributed by atoms with Crippen molar-refractivity contribution in [2.45, 2.75) is 6.04 Å². The van der Waals surface area contributed by atoms with Crippen molar-refractivity contribution in [3.63, 3.8) is 0 Å². The fourth-order valence-corrected chi connectivity index (χ4v) is 2.92. The molecule has 0 bridgehead atoms. The van der Waals surface area contributed by atoms with E-state index >= 15 is 0 Å². The Bertz CT molecular complexity index is 496. The van der Waals surface area contributed by atoms with Crippen molar-refractivity contribution in [3.8, 4) is 0 Å². The Kier molecular flexibility index (Phi) is 2.50. The average Bonchev–Trinajstić information content (AvgIpc) is 2.83. The summed E-state index contributed by atoms with van der Waals surface area (Å²) in [7, 11) is 0. The minimum atomic E-state index is 0.312. The van der Waals surface area contributed by atoms with Crippen LogP contribution in [0.15, 0.2) is 35.7 Å². The van der Waals surface area contributed by atoms with Crippen LogP contribution in [-0.4, -0.2) is 6.54 Å². The monoisotopic (exact) mass is 250 g/mol. The first-order valence-corrected chi connectivity index (χ1v) is 6.42. The van der Waals surface area contributed by atoms with Crippen LogP contribution in [0.1, 0.15) is 10.9 Å². The molecule has 1 aromatic heterocycles. The summed E-state index contributed by atoms with van der Waals surface area (Å²) in [5.41, 5.74) is 2.09. The zero-order valence-corrected chi connectivity index (χ0v) is 10.1. The third kappa shape index (κ3) is 1.66. The second-order valence-electron chi connectivity index (χ2n) is 3.76. The fourth-order valence-electron chi connectivity index (χ4n) is 1.92. The maximum absolute atomic E-state index is 6.17. The van der Waals surface area contributed by atoms with Gasteiger partial charge in [0.05, 0.1) is 22.4 Å². The molecule has 82 valence electrons. The molecule has 1 aromatic carbocycles. The lowest BCUT2D eigenvalue weighted by atomic mass is 10.1. The Morgan fingerprint density at radius 2 is 2.19 bits per heavy atom. The molecule has 0 aliphatic carbocycles. The van der Waals surface area contributed by atoms with Gasteiger partial charge in [-0.1, -0.05) is 23.7 Å². The molecule has 0 saturated heterocycles. The summed E-state index contributed by atoms with van der Waals surface area (Å²) in [6, 6.07) is 10.4. The third-order valence-electron chi connectivity index (χ3n) is 2.72. The second-order valence-corrected chi connectivity index (χ2v) is 5.14. The zero-order valence-electron chi connectivity index (χ0n) is 8.53. The second kappa shape index (κ2) is 4.00. The molecule has 4 heteroatoms. The molecule has 3 rings (SSSR count). The topological polar surface area (TPSA) is 24.1 Å². The van der Waals surface area contributed by atoms with Crippen molar-refractivity contribution >= 4 is 34.3 Å². The Morgan fingerprint density at radius 3 is 3.00 bits per heavy atom. The lowest BCUT2D eigenvalue weighted by molar-refractivity contribution is 0.820. The molecule has 1 aliphatic rings. The third-order valence-corrected chi connectivity index (χ3v) is 4.02. The molecule has 0 radical (unpaired) electrons. The largest absolute Gasteiger partial charge is 0.381 e. The van der Waals surface area contributed by atoms with E-state index in [2.05, 4.69) is 28.1 Å². The van der Waals surface area contributed by atoms with Crippen molar-refractivity contribution in [2.75, 3.05) is 17.2 Å². The molecule has 2 heterocycles. The smallest absolute Gasteiger partial charge is 0.0780 e. The van der Waals surface area contributed by atoms with E-state index in [0.29, 0.717) is 6.04 Å². The van der Waals surface area contributed by atoms with Crippen LogP contribution in [0, 0.1) is 0 Å². The Morgan fingerprint density at radius 1 is 1.25 bits per heavy atom. The van der Waals surface area contributed by atoms with Gasteiger partial charge in [0.1, 0.15) is 0 Å². The molecule has 0 amide bonds. The number of benzene rings is 1. The molecule has 2 aromatic rings. The molecule has 1 atom stereocenters. The molecule has 0 fully saturated rings. The van der Waals surface area contributed by atoms with Crippen LogP contribution in [0.25, 0.3) is 0 Å². The van der Waals surface area contributed by atoms with Crippen molar-refractivity contribution in [1.82, 2.24) is 0 Å². The molecule has 1 aliphatic heterocycles. The van der Waals surface area contributed by atoms with E-state index in [1.807, 2.05) is 18.2 Å². The molecule has 0 saturated carbocycles. The van der Waals surface area contributed by atoms with Gasteiger partial charge in [-0.3, -0.25) is 0 Å². The van der Waals surface area contributed by atoms with Crippen molar-refractivity contribution < 1.29 is 0 Å². The van der Waals surface area contributed by atoms with Gasteiger partial charge in [0, 0.05) is 11.4 Å². The lowest BCUT2D eigenvalue weighted by Crippen LogP contribution is -2.25. The normalized spacial score (nSPS) is 18.4. The van der Waals surface area contributed by atoms with Crippen LogP contribution in [0.3, 0.4) is 0 Å². The van der Waals surface area contributed by atoms with Crippen molar-refractivity contribution in [1.29, 1.82) is 0 Å². The maximum atomic E-state index is 6.17. The van der Waals surface area contributed by atoms with E-state index in [0.717, 1.165) is 22.9 Å². The maximum Gasteiger partial charge on any atom is 0.0780 e. The predicted octanol–water partition coefficient (Wildman–Crippen LogP) is 3.98. The predicted molar refractivity (Wildman–Crippen MR) is 70.6 cm³/mol. The van der Waals surface area contributed by atoms with Crippen LogP contribution in [-0.2, 0) is 0 Å². The van der Waals surface area contributed by atoms with Crippen LogP contribution in [0.2, 0.25) is 5.02 Å². The highest BCUT2D eigenvalue weighted by Gasteiger charge is 2.20. The molecule has 2 N–H and O–H groups in total. The molecule has 2 nitrogen and oxygen atoms in total. The summed E-state index contributed by atoms with van der Waals surface area (Å²) in [4.78, 5) is 1.33. The highest BCUT2D eigenvalue weighted by atomic mass is 35.5. The van der Waals surface area contributed by atoms with Gasteiger partial charge in [0.2, 0.25) is 0 Å². The summed E-state index contributed by atoms with van der Waals surface area (Å²) in [5.74, 6) is 0. The summed E-state index contributed by atoms with van der Waals surface area (Å²) < 4.78 is 0. The number of para-hydroxylation sites is 1. The zero-order chi connectivity index (χ0) is 11.0. The van der Waals surface area contributed by atoms with E-state index in [4.69, 9.17) is 11.6 Å². The summed E-state index contributed by atoms with van der Waals surface area (Å²) >= 11 is 7.93. The molecule has 0 spiro atoms. The van der Waals surface area contributed by atoms with Gasteiger partial charge in [0.25, 0.3) is 0 Å². The van der Waals surface area contributed by atoms with E-state index < -0.39 is 0 Å². The first kappa shape index (κ1) is 10.00. The van der Waals surface area contributed by atoms with Crippen LogP contribution in [0.5, 0.6) is 0 Å². The minimum Gasteiger partial charge on any atom is -0.381 e. The number of fused-ring (bicyclic) bond motifs is 1. The van der Waals surface area contributed by atoms with Crippen LogP contribution in [0.4, 0.5) is 11.4 Å². The summed E-state index contributed by atoms with van der Waals surface area (Å²) in [6.45, 7) is 0.897. The molecular formula is C12H11ClN2S. The highest BCUT2D eigenvalue weighted by molar-refractivity contribution is 7.10. The van der Waals surface area contributed by atoms with Gasteiger partial charge in [0.15, 0.2) is 0 Å². The summed E-state index contributed by atoms with van der Waals surface area (Å²) in [6.07, 6.45) is 0. The Labute approximate surface area is 103 Å². The van der Waals surface area contributed by atoms with Crippen LogP contribution >= 0.6 is 22.9 Å². The molecule has 16 heavy (non-hydrogen) atoms. The van der Waals surface area contributed by atoms with Gasteiger partial charge in [-0.2, -0.15) is 0 Å². The average molecular weight is 251 g/mol. The molecular weight excluding hydrogens is 240 g/mol. The number of thiophene rings is 1. The van der Waals surface area contributed by atoms with Gasteiger partial charge >= 0.3 is 0 Å². The number of nitrogens with one attached hydrogen (secondary N) is 2. The SMILES string of the molecule is Clc1cccc2c1NC(c1cccs1)CN2. The van der Waals surface area contributed by atoms with Crippen molar-refractivity contribution in [3.05, 3.63) is 45.6 Å². The van der Waals surface area contributed by atoms with E-state index in [1.165, 1.54) is 4.88 Å². The number of hydrogen-bond donors (Lipinski definition) is 2. The van der Waals surface area contributed by atoms with Gasteiger partial charge < -0.3 is 10.6 Å². The molecule has 1 unspecified atom stereocenters. The first-order valence-electron chi connectivity index (χ1n) is 5.17. The minimum absolute atomic E-state index is 0.312. The number of hydrogen-bond acceptors (Lipinski definition) is 3. The quantitative estimate of drug-likeness (QED) is 0.800. The lowest BCUT2D eigenvalue weighted by Gasteiger charge is -2.28. The van der Waals surface area contributed by atoms with Crippen LogP contribution < -0.4 is 10.6 Å². The van der Waals surface area contributed by atoms with E-state index in [-0.39, 0.29) is 0 Å². The van der Waals surface area contributed by atoms with E-state index in [1.54, 1.807) is 11.3 Å². The number of halogens is 1. The Balaban J connectivity index is 1.94. The standard InChI is InChI=1S/C12H11ClN2S/c13-8-3-1-4-9-12(8)15-10(7-14-9)11-5-2-6-16-11/h1-6,10,14-15H,7H2. The Hall–Kier alpha value is -1.19. The van der Waals surface area contributed by atoms with Crippen molar-refractivity contribution in [2.24, 2.45) is 0 Å². The fraction of sp³-hybridized carbons (Fsp3) is 0.167. The number of anilines is 2. The van der Waals surface area contributed by atoms with Gasteiger partial charge in [-0.25, -0.2) is 0 Å². The van der Waals surface area contributed by atoms with E-state index in [9.17, 15) is 0 Å². The summed E-state index contributed by atoms with van der Waals surface area (Å²) in [5, 5.41) is 9.75. The van der Waals surface area contributed by atoms with Gasteiger partial charge in [-0.05, 0) is 23.6 Å². The van der Waals surface area contributed by atoms with Gasteiger partial charge in [-0.15, -0.1) is 11.3 Å². The number of rotatable bonds is 1. The highest BCUT2D eigenvalue weighted by Crippen LogP contribution is 2.37.